The molecule has 0 saturated heterocycles. The van der Waals surface area contributed by atoms with Crippen molar-refractivity contribution < 1.29 is 27.2 Å². The van der Waals surface area contributed by atoms with E-state index < -0.39 is 17.7 Å². The molecule has 0 unspecified atom stereocenters. The van der Waals surface area contributed by atoms with Gasteiger partial charge in [0.15, 0.2) is 6.61 Å². The lowest BCUT2D eigenvalue weighted by atomic mass is 10.1. The molecule has 3 rings (SSSR count). The first kappa shape index (κ1) is 19.6. The van der Waals surface area contributed by atoms with E-state index in [9.17, 15) is 18.0 Å². The number of ether oxygens (including phenoxy) is 1. The van der Waals surface area contributed by atoms with E-state index in [0.29, 0.717) is 5.56 Å². The van der Waals surface area contributed by atoms with Crippen molar-refractivity contribution in [1.82, 2.24) is 19.9 Å². The summed E-state index contributed by atoms with van der Waals surface area (Å²) >= 11 is 0. The number of aromatic nitrogens is 4. The Morgan fingerprint density at radius 1 is 1.21 bits per heavy atom. The molecule has 148 valence electrons. The molecule has 1 aromatic carbocycles. The number of benzene rings is 1. The molecule has 0 spiro atoms. The molecule has 0 atom stereocenters. The Bertz CT molecular complexity index is 991. The van der Waals surface area contributed by atoms with E-state index >= 15 is 0 Å². The molecule has 2 heterocycles. The maximum Gasteiger partial charge on any atom is 0.416 e. The van der Waals surface area contributed by atoms with Gasteiger partial charge in [-0.3, -0.25) is 9.48 Å². The summed E-state index contributed by atoms with van der Waals surface area (Å²) in [6.07, 6.45) is -4.36. The fourth-order valence-electron chi connectivity index (χ4n) is 2.65. The van der Waals surface area contributed by atoms with E-state index in [1.165, 1.54) is 12.1 Å². The summed E-state index contributed by atoms with van der Waals surface area (Å²) in [7, 11) is 1.79. The molecule has 0 bridgehead atoms. The van der Waals surface area contributed by atoms with Gasteiger partial charge < -0.3 is 9.26 Å². The molecule has 0 saturated carbocycles. The second-order valence-electron chi connectivity index (χ2n) is 6.20. The summed E-state index contributed by atoms with van der Waals surface area (Å²) < 4.78 is 49.6. The summed E-state index contributed by atoms with van der Waals surface area (Å²) in [4.78, 5) is 16.1. The Morgan fingerprint density at radius 2 is 1.89 bits per heavy atom. The van der Waals surface area contributed by atoms with E-state index in [-0.39, 0.29) is 24.7 Å². The largest absolute Gasteiger partial charge is 0.455 e. The average Bonchev–Trinajstić information content (AvgIpc) is 3.20. The van der Waals surface area contributed by atoms with Crippen LogP contribution in [-0.2, 0) is 35.8 Å². The average molecular weight is 394 g/mol. The van der Waals surface area contributed by atoms with Crippen LogP contribution in [0.5, 0.6) is 0 Å². The van der Waals surface area contributed by atoms with Gasteiger partial charge >= 0.3 is 12.1 Å². The number of carbonyl (C=O) groups excluding carboxylic acids is 1. The van der Waals surface area contributed by atoms with Gasteiger partial charge in [0.05, 0.1) is 17.7 Å². The third-order valence-corrected chi connectivity index (χ3v) is 4.28. The van der Waals surface area contributed by atoms with Gasteiger partial charge in [0.1, 0.15) is 0 Å². The van der Waals surface area contributed by atoms with Gasteiger partial charge in [0, 0.05) is 23.9 Å². The van der Waals surface area contributed by atoms with Crippen LogP contribution in [0.15, 0.2) is 28.8 Å². The highest BCUT2D eigenvalue weighted by Gasteiger charge is 2.30. The van der Waals surface area contributed by atoms with Gasteiger partial charge in [-0.15, -0.1) is 0 Å². The van der Waals surface area contributed by atoms with Crippen molar-refractivity contribution in [1.29, 1.82) is 0 Å². The van der Waals surface area contributed by atoms with Crippen LogP contribution >= 0.6 is 0 Å². The van der Waals surface area contributed by atoms with Crippen molar-refractivity contribution in [3.8, 4) is 11.4 Å². The van der Waals surface area contributed by atoms with Crippen LogP contribution in [0.25, 0.3) is 11.4 Å². The number of hydrogen-bond acceptors (Lipinski definition) is 6. The van der Waals surface area contributed by atoms with Crippen molar-refractivity contribution in [2.45, 2.75) is 33.1 Å². The lowest BCUT2D eigenvalue weighted by Gasteiger charge is -2.05. The Morgan fingerprint density at radius 3 is 2.46 bits per heavy atom. The summed E-state index contributed by atoms with van der Waals surface area (Å²) in [5.74, 6) is -0.324. The molecule has 0 aliphatic rings. The van der Waals surface area contributed by atoms with Gasteiger partial charge in [-0.2, -0.15) is 23.3 Å². The van der Waals surface area contributed by atoms with Crippen LogP contribution in [-0.4, -0.2) is 25.9 Å². The van der Waals surface area contributed by atoms with Crippen LogP contribution in [0.3, 0.4) is 0 Å². The Hall–Kier alpha value is -3.17. The minimum atomic E-state index is -4.42. The SMILES string of the molecule is Cc1nn(C)c(C)c1CC(=O)OCc1nc(-c2ccc(C(F)(F)F)cc2)no1. The zero-order valence-electron chi connectivity index (χ0n) is 15.4. The quantitative estimate of drug-likeness (QED) is 0.617. The fraction of sp³-hybridized carbons (Fsp3) is 0.333. The molecule has 7 nitrogen and oxygen atoms in total. The molecule has 0 radical (unpaired) electrons. The highest BCUT2D eigenvalue weighted by Crippen LogP contribution is 2.30. The van der Waals surface area contributed by atoms with Gasteiger partial charge in [0.2, 0.25) is 5.82 Å². The Balaban J connectivity index is 1.61. The van der Waals surface area contributed by atoms with E-state index in [1.807, 2.05) is 13.8 Å². The summed E-state index contributed by atoms with van der Waals surface area (Å²) in [5.41, 5.74) is 2.01. The first-order valence-electron chi connectivity index (χ1n) is 8.30. The smallest absolute Gasteiger partial charge is 0.416 e. The number of carbonyl (C=O) groups is 1. The normalized spacial score (nSPS) is 11.6. The third kappa shape index (κ3) is 4.21. The van der Waals surface area contributed by atoms with Crippen molar-refractivity contribution in [3.63, 3.8) is 0 Å². The molecule has 10 heteroatoms. The molecule has 0 aliphatic heterocycles. The molecule has 0 aliphatic carbocycles. The second kappa shape index (κ2) is 7.45. The molecule has 28 heavy (non-hydrogen) atoms. The predicted octanol–water partition coefficient (Wildman–Crippen LogP) is 3.39. The topological polar surface area (TPSA) is 83.0 Å². The van der Waals surface area contributed by atoms with Crippen LogP contribution in [0.1, 0.15) is 28.4 Å². The van der Waals surface area contributed by atoms with Gasteiger partial charge in [-0.1, -0.05) is 17.3 Å². The van der Waals surface area contributed by atoms with Gasteiger partial charge in [-0.05, 0) is 26.0 Å². The highest BCUT2D eigenvalue weighted by atomic mass is 19.4. The van der Waals surface area contributed by atoms with Crippen LogP contribution in [0.4, 0.5) is 13.2 Å². The van der Waals surface area contributed by atoms with Crippen LogP contribution < -0.4 is 0 Å². The minimum Gasteiger partial charge on any atom is -0.455 e. The summed E-state index contributed by atoms with van der Waals surface area (Å²) in [6.45, 7) is 3.44. The van der Waals surface area contributed by atoms with Crippen LogP contribution in [0.2, 0.25) is 0 Å². The van der Waals surface area contributed by atoms with Crippen molar-refractivity contribution in [2.24, 2.45) is 7.05 Å². The number of nitrogens with zero attached hydrogens (tertiary/aromatic N) is 4. The minimum absolute atomic E-state index is 0.0443. The maximum atomic E-state index is 12.6. The van der Waals surface area contributed by atoms with Crippen molar-refractivity contribution in [2.75, 3.05) is 0 Å². The van der Waals surface area contributed by atoms with E-state index in [1.54, 1.807) is 11.7 Å². The molecule has 2 aromatic heterocycles. The van der Waals surface area contributed by atoms with Crippen molar-refractivity contribution >= 4 is 5.97 Å². The maximum absolute atomic E-state index is 12.6. The number of alkyl halides is 3. The summed E-state index contributed by atoms with van der Waals surface area (Å²) in [6, 6.07) is 4.36. The number of halogens is 3. The molecule has 0 fully saturated rings. The predicted molar refractivity (Wildman–Crippen MR) is 90.9 cm³/mol. The van der Waals surface area contributed by atoms with E-state index in [4.69, 9.17) is 9.26 Å². The first-order chi connectivity index (χ1) is 13.1. The molecule has 0 N–H and O–H groups in total. The van der Waals surface area contributed by atoms with Gasteiger partial charge in [0.25, 0.3) is 5.89 Å². The van der Waals surface area contributed by atoms with Crippen LogP contribution in [0, 0.1) is 13.8 Å². The molecule has 3 aromatic rings. The molecular weight excluding hydrogens is 377 g/mol. The fourth-order valence-corrected chi connectivity index (χ4v) is 2.65. The Labute approximate surface area is 158 Å². The zero-order valence-corrected chi connectivity index (χ0v) is 15.4. The number of rotatable bonds is 5. The number of esters is 1. The highest BCUT2D eigenvalue weighted by molar-refractivity contribution is 5.73. The van der Waals surface area contributed by atoms with Crippen molar-refractivity contribution in [3.05, 3.63) is 52.7 Å². The number of aryl methyl sites for hydroxylation is 2. The zero-order chi connectivity index (χ0) is 20.5. The standard InChI is InChI=1S/C18H17F3N4O3/c1-10-14(11(2)25(3)23-10)8-16(26)27-9-15-22-17(24-28-15)12-4-6-13(7-5-12)18(19,20)21/h4-7H,8-9H2,1-3H3. The van der Waals surface area contributed by atoms with E-state index in [0.717, 1.165) is 29.1 Å². The summed E-state index contributed by atoms with van der Waals surface area (Å²) in [5, 5.41) is 7.94. The lowest BCUT2D eigenvalue weighted by molar-refractivity contribution is -0.145. The second-order valence-corrected chi connectivity index (χ2v) is 6.20. The molecular formula is C18H17F3N4O3. The first-order valence-corrected chi connectivity index (χ1v) is 8.30. The number of hydrogen-bond donors (Lipinski definition) is 0. The van der Waals surface area contributed by atoms with E-state index in [2.05, 4.69) is 15.2 Å². The monoisotopic (exact) mass is 394 g/mol. The Kier molecular flexibility index (Phi) is 5.21. The third-order valence-electron chi connectivity index (χ3n) is 4.28. The lowest BCUT2D eigenvalue weighted by Crippen LogP contribution is -2.09. The van der Waals surface area contributed by atoms with Gasteiger partial charge in [-0.25, -0.2) is 0 Å². The molecule has 0 amide bonds.